The van der Waals surface area contributed by atoms with E-state index < -0.39 is 11.8 Å². The highest BCUT2D eigenvalue weighted by Gasteiger charge is 2.25. The normalized spacial score (nSPS) is 14.3. The SMILES string of the molecule is COc1cc(C=C2N=C(c3cccc(F)c3)OC2=O)cc(Cl)c1OCc1ccccc1Cl. The minimum Gasteiger partial charge on any atom is -0.493 e. The van der Waals surface area contributed by atoms with E-state index in [1.807, 2.05) is 18.2 Å². The highest BCUT2D eigenvalue weighted by Crippen LogP contribution is 2.38. The molecule has 162 valence electrons. The zero-order chi connectivity index (χ0) is 22.7. The number of benzene rings is 3. The molecule has 0 aromatic heterocycles. The molecular weight excluding hydrogens is 456 g/mol. The van der Waals surface area contributed by atoms with E-state index >= 15 is 0 Å². The summed E-state index contributed by atoms with van der Waals surface area (Å²) in [5.41, 5.74) is 1.76. The van der Waals surface area contributed by atoms with Crippen molar-refractivity contribution in [1.82, 2.24) is 0 Å². The minimum absolute atomic E-state index is 0.0264. The number of nitrogens with zero attached hydrogens (tertiary/aromatic N) is 1. The lowest BCUT2D eigenvalue weighted by atomic mass is 10.1. The quantitative estimate of drug-likeness (QED) is 0.323. The number of carbonyl (C=O) groups excluding carboxylic acids is 1. The van der Waals surface area contributed by atoms with Gasteiger partial charge in [0.05, 0.1) is 12.1 Å². The molecule has 0 aliphatic carbocycles. The van der Waals surface area contributed by atoms with Gasteiger partial charge in [0.1, 0.15) is 12.4 Å². The second kappa shape index (κ2) is 9.42. The second-order valence-electron chi connectivity index (χ2n) is 6.76. The van der Waals surface area contributed by atoms with E-state index in [1.165, 1.54) is 31.4 Å². The number of methoxy groups -OCH3 is 1. The number of rotatable bonds is 6. The lowest BCUT2D eigenvalue weighted by molar-refractivity contribution is -0.129. The van der Waals surface area contributed by atoms with Gasteiger partial charge in [-0.3, -0.25) is 0 Å². The summed E-state index contributed by atoms with van der Waals surface area (Å²) in [6.07, 6.45) is 1.50. The van der Waals surface area contributed by atoms with Crippen molar-refractivity contribution >= 4 is 41.1 Å². The third-order valence-electron chi connectivity index (χ3n) is 4.58. The third-order valence-corrected chi connectivity index (χ3v) is 5.23. The van der Waals surface area contributed by atoms with Gasteiger partial charge in [0.25, 0.3) is 0 Å². The molecule has 0 spiro atoms. The maximum Gasteiger partial charge on any atom is 0.363 e. The van der Waals surface area contributed by atoms with Crippen LogP contribution < -0.4 is 9.47 Å². The Labute approximate surface area is 193 Å². The van der Waals surface area contributed by atoms with Gasteiger partial charge in [-0.15, -0.1) is 0 Å². The molecule has 1 aliphatic rings. The fourth-order valence-corrected chi connectivity index (χ4v) is 3.50. The largest absolute Gasteiger partial charge is 0.493 e. The molecule has 0 amide bonds. The van der Waals surface area contributed by atoms with Crippen molar-refractivity contribution in [2.45, 2.75) is 6.61 Å². The minimum atomic E-state index is -0.654. The fourth-order valence-electron chi connectivity index (χ4n) is 3.04. The van der Waals surface area contributed by atoms with Crippen LogP contribution in [0.15, 0.2) is 71.4 Å². The average Bonchev–Trinajstić information content (AvgIpc) is 3.14. The van der Waals surface area contributed by atoms with Crippen molar-refractivity contribution in [2.75, 3.05) is 7.11 Å². The summed E-state index contributed by atoms with van der Waals surface area (Å²) in [5.74, 6) is -0.370. The van der Waals surface area contributed by atoms with Crippen LogP contribution >= 0.6 is 23.2 Å². The van der Waals surface area contributed by atoms with E-state index in [0.29, 0.717) is 27.6 Å². The summed E-state index contributed by atoms with van der Waals surface area (Å²) in [5, 5.41) is 0.861. The molecule has 3 aromatic rings. The van der Waals surface area contributed by atoms with E-state index in [9.17, 15) is 9.18 Å². The Kier molecular flexibility index (Phi) is 6.44. The van der Waals surface area contributed by atoms with Gasteiger partial charge >= 0.3 is 5.97 Å². The van der Waals surface area contributed by atoms with Gasteiger partial charge in [-0.2, -0.15) is 0 Å². The molecule has 3 aromatic carbocycles. The monoisotopic (exact) mass is 471 g/mol. The maximum atomic E-state index is 13.5. The van der Waals surface area contributed by atoms with Crippen LogP contribution in [-0.2, 0) is 16.1 Å². The summed E-state index contributed by atoms with van der Waals surface area (Å²) < 4.78 is 29.9. The van der Waals surface area contributed by atoms with Gasteiger partial charge in [0.15, 0.2) is 17.2 Å². The van der Waals surface area contributed by atoms with Gasteiger partial charge in [-0.1, -0.05) is 47.5 Å². The Hall–Kier alpha value is -3.35. The first-order valence-corrected chi connectivity index (χ1v) is 10.2. The fraction of sp³-hybridized carbons (Fsp3) is 0.0833. The van der Waals surface area contributed by atoms with E-state index in [1.54, 1.807) is 24.3 Å². The van der Waals surface area contributed by atoms with E-state index in [0.717, 1.165) is 5.56 Å². The zero-order valence-corrected chi connectivity index (χ0v) is 18.3. The molecule has 0 saturated carbocycles. The lowest BCUT2D eigenvalue weighted by Crippen LogP contribution is -2.05. The van der Waals surface area contributed by atoms with Crippen molar-refractivity contribution in [2.24, 2.45) is 4.99 Å². The third kappa shape index (κ3) is 4.77. The summed E-state index contributed by atoms with van der Waals surface area (Å²) in [4.78, 5) is 16.4. The lowest BCUT2D eigenvalue weighted by Gasteiger charge is -2.14. The van der Waals surface area contributed by atoms with Gasteiger partial charge in [-0.25, -0.2) is 14.2 Å². The molecule has 0 atom stereocenters. The molecule has 1 aliphatic heterocycles. The van der Waals surface area contributed by atoms with Crippen LogP contribution in [0.5, 0.6) is 11.5 Å². The van der Waals surface area contributed by atoms with Gasteiger partial charge in [-0.05, 0) is 48.0 Å². The van der Waals surface area contributed by atoms with Crippen molar-refractivity contribution in [3.05, 3.63) is 98.9 Å². The number of carbonyl (C=O) groups is 1. The highest BCUT2D eigenvalue weighted by molar-refractivity contribution is 6.32. The average molecular weight is 472 g/mol. The Morgan fingerprint density at radius 1 is 1.06 bits per heavy atom. The predicted molar refractivity (Wildman–Crippen MR) is 121 cm³/mol. The van der Waals surface area contributed by atoms with Crippen LogP contribution in [0.25, 0.3) is 6.08 Å². The van der Waals surface area contributed by atoms with E-state index in [-0.39, 0.29) is 23.2 Å². The molecule has 0 unspecified atom stereocenters. The number of cyclic esters (lactones) is 1. The maximum absolute atomic E-state index is 13.5. The summed E-state index contributed by atoms with van der Waals surface area (Å²) in [6, 6.07) is 16.2. The molecule has 0 bridgehead atoms. The Bertz CT molecular complexity index is 1260. The summed E-state index contributed by atoms with van der Waals surface area (Å²) >= 11 is 12.6. The number of hydrogen-bond donors (Lipinski definition) is 0. The standard InChI is InChI=1S/C24H16Cl2FNO4/c1-30-21-11-14(9-19(26)22(21)31-13-16-5-2-3-8-18(16)25)10-20-24(29)32-23(28-20)15-6-4-7-17(27)12-15/h2-12H,13H2,1H3. The Morgan fingerprint density at radius 2 is 1.88 bits per heavy atom. The first kappa shape index (κ1) is 21.9. The molecular formula is C24H16Cl2FNO4. The molecule has 8 heteroatoms. The first-order valence-electron chi connectivity index (χ1n) is 9.47. The van der Waals surface area contributed by atoms with Crippen LogP contribution in [0.1, 0.15) is 16.7 Å². The van der Waals surface area contributed by atoms with Crippen LogP contribution in [0, 0.1) is 5.82 Å². The number of aliphatic imine (C=N–C) groups is 1. The van der Waals surface area contributed by atoms with E-state index in [2.05, 4.69) is 4.99 Å². The molecule has 0 fully saturated rings. The predicted octanol–water partition coefficient (Wildman–Crippen LogP) is 6.06. The summed E-state index contributed by atoms with van der Waals surface area (Å²) in [6.45, 7) is 0.198. The summed E-state index contributed by atoms with van der Waals surface area (Å²) in [7, 11) is 1.48. The number of ether oxygens (including phenoxy) is 3. The molecule has 32 heavy (non-hydrogen) atoms. The molecule has 0 saturated heterocycles. The number of halogens is 3. The van der Waals surface area contributed by atoms with Crippen LogP contribution in [-0.4, -0.2) is 19.0 Å². The smallest absolute Gasteiger partial charge is 0.363 e. The molecule has 0 N–H and O–H groups in total. The van der Waals surface area contributed by atoms with Crippen LogP contribution in [0.3, 0.4) is 0 Å². The van der Waals surface area contributed by atoms with Crippen molar-refractivity contribution in [3.8, 4) is 11.5 Å². The number of hydrogen-bond acceptors (Lipinski definition) is 5. The zero-order valence-electron chi connectivity index (χ0n) is 16.8. The van der Waals surface area contributed by atoms with Gasteiger partial charge in [0, 0.05) is 16.1 Å². The van der Waals surface area contributed by atoms with Crippen LogP contribution in [0.4, 0.5) is 4.39 Å². The number of esters is 1. The molecule has 0 radical (unpaired) electrons. The molecule has 4 rings (SSSR count). The van der Waals surface area contributed by atoms with Gasteiger partial charge in [0.2, 0.25) is 5.90 Å². The van der Waals surface area contributed by atoms with Crippen molar-refractivity contribution in [1.29, 1.82) is 0 Å². The highest BCUT2D eigenvalue weighted by atomic mass is 35.5. The topological polar surface area (TPSA) is 57.1 Å². The first-order chi connectivity index (χ1) is 15.4. The molecule has 5 nitrogen and oxygen atoms in total. The van der Waals surface area contributed by atoms with E-state index in [4.69, 9.17) is 37.4 Å². The Balaban J connectivity index is 1.60. The van der Waals surface area contributed by atoms with Crippen molar-refractivity contribution < 1.29 is 23.4 Å². The van der Waals surface area contributed by atoms with Gasteiger partial charge < -0.3 is 14.2 Å². The second-order valence-corrected chi connectivity index (χ2v) is 7.57. The Morgan fingerprint density at radius 3 is 2.62 bits per heavy atom. The molecule has 1 heterocycles. The van der Waals surface area contributed by atoms with Crippen LogP contribution in [0.2, 0.25) is 10.0 Å². The van der Waals surface area contributed by atoms with Crippen molar-refractivity contribution in [3.63, 3.8) is 0 Å².